The number of imidazole rings is 1. The van der Waals surface area contributed by atoms with E-state index in [0.29, 0.717) is 38.3 Å². The monoisotopic (exact) mass is 533 g/mol. The molecule has 5 heterocycles. The number of aromatic nitrogens is 4. The van der Waals surface area contributed by atoms with Crippen LogP contribution in [-0.2, 0) is 13.0 Å². The Kier molecular flexibility index (Phi) is 6.98. The van der Waals surface area contributed by atoms with Gasteiger partial charge in [0.05, 0.1) is 18.0 Å². The van der Waals surface area contributed by atoms with Crippen molar-refractivity contribution < 1.29 is 31.4 Å². The zero-order valence-electron chi connectivity index (χ0n) is 20.1. The fraction of sp³-hybridized carbons (Fsp3) is 0.696. The van der Waals surface area contributed by atoms with Crippen LogP contribution in [0.4, 0.5) is 38.0 Å². The van der Waals surface area contributed by atoms with Gasteiger partial charge >= 0.3 is 12.4 Å². The minimum atomic E-state index is -4.58. The molecule has 204 valence electrons. The van der Waals surface area contributed by atoms with Crippen LogP contribution in [0, 0.1) is 0 Å². The number of nitrogens with zero attached hydrogens (tertiary/aromatic N) is 6. The third-order valence-electron chi connectivity index (χ3n) is 7.37. The lowest BCUT2D eigenvalue weighted by Gasteiger charge is -2.37. The number of likely N-dealkylation sites (tertiary alicyclic amines) is 1. The lowest BCUT2D eigenvalue weighted by molar-refractivity contribution is -0.157. The third kappa shape index (κ3) is 5.79. The van der Waals surface area contributed by atoms with Crippen molar-refractivity contribution in [2.75, 3.05) is 42.9 Å². The van der Waals surface area contributed by atoms with Gasteiger partial charge in [0.15, 0.2) is 0 Å². The normalized spacial score (nSPS) is 23.5. The van der Waals surface area contributed by atoms with Crippen molar-refractivity contribution in [2.45, 2.75) is 69.1 Å². The first-order valence-corrected chi connectivity index (χ1v) is 12.4. The highest BCUT2D eigenvalue weighted by Gasteiger charge is 2.48. The largest absolute Gasteiger partial charge is 0.396 e. The molecule has 3 aliphatic rings. The molecular formula is C23H29F6N7O. The maximum Gasteiger partial charge on any atom is 0.396 e. The van der Waals surface area contributed by atoms with Gasteiger partial charge in [-0.3, -0.25) is 0 Å². The van der Waals surface area contributed by atoms with Gasteiger partial charge in [-0.1, -0.05) is 0 Å². The Morgan fingerprint density at radius 2 is 1.73 bits per heavy atom. The summed E-state index contributed by atoms with van der Waals surface area (Å²) in [7, 11) is 0. The first-order chi connectivity index (χ1) is 17.5. The van der Waals surface area contributed by atoms with E-state index in [1.807, 2.05) is 4.57 Å². The molecule has 0 saturated carbocycles. The molecule has 2 aromatic rings. The Morgan fingerprint density at radius 1 is 1.00 bits per heavy atom. The molecule has 14 heteroatoms. The van der Waals surface area contributed by atoms with Gasteiger partial charge in [0.25, 0.3) is 0 Å². The minimum Gasteiger partial charge on any atom is -0.374 e. The van der Waals surface area contributed by atoms with Crippen molar-refractivity contribution in [3.8, 4) is 0 Å². The molecule has 3 aliphatic heterocycles. The van der Waals surface area contributed by atoms with E-state index < -0.39 is 37.3 Å². The Labute approximate surface area is 209 Å². The van der Waals surface area contributed by atoms with Crippen LogP contribution in [0.15, 0.2) is 12.5 Å². The Bertz CT molecular complexity index is 1090. The second-order valence-corrected chi connectivity index (χ2v) is 9.98. The summed E-state index contributed by atoms with van der Waals surface area (Å²) in [5.41, 5.74) is -0.0988. The predicted octanol–water partition coefficient (Wildman–Crippen LogP) is 3.65. The van der Waals surface area contributed by atoms with Gasteiger partial charge in [0, 0.05) is 50.3 Å². The van der Waals surface area contributed by atoms with Crippen LogP contribution in [0.1, 0.15) is 54.6 Å². The quantitative estimate of drug-likeness (QED) is 0.549. The van der Waals surface area contributed by atoms with Crippen molar-refractivity contribution in [1.82, 2.24) is 24.4 Å². The SMILES string of the molecule is OC1CC(C(F)(F)F)c2c(ncnc2N2CCC(c3nc(CC(F)(F)F)cn3CCN3CCC3)CC2)N1. The van der Waals surface area contributed by atoms with Gasteiger partial charge in [-0.15, -0.1) is 0 Å². The van der Waals surface area contributed by atoms with E-state index >= 15 is 0 Å². The predicted molar refractivity (Wildman–Crippen MR) is 122 cm³/mol. The average molecular weight is 534 g/mol. The molecule has 2 N–H and O–H groups in total. The zero-order chi connectivity index (χ0) is 26.4. The average Bonchev–Trinajstić information content (AvgIpc) is 3.17. The van der Waals surface area contributed by atoms with Crippen LogP contribution >= 0.6 is 0 Å². The summed E-state index contributed by atoms with van der Waals surface area (Å²) >= 11 is 0. The minimum absolute atomic E-state index is 0.0175. The summed E-state index contributed by atoms with van der Waals surface area (Å²) in [6.07, 6.45) is -7.14. The number of anilines is 2. The van der Waals surface area contributed by atoms with E-state index in [1.165, 1.54) is 12.5 Å². The van der Waals surface area contributed by atoms with Crippen LogP contribution in [0.3, 0.4) is 0 Å². The summed E-state index contributed by atoms with van der Waals surface area (Å²) in [6.45, 7) is 3.97. The van der Waals surface area contributed by atoms with E-state index in [4.69, 9.17) is 0 Å². The van der Waals surface area contributed by atoms with Crippen molar-refractivity contribution in [2.24, 2.45) is 0 Å². The summed E-state index contributed by atoms with van der Waals surface area (Å²) in [5, 5.41) is 12.5. The van der Waals surface area contributed by atoms with Crippen LogP contribution in [0.25, 0.3) is 0 Å². The number of nitrogens with one attached hydrogen (secondary N) is 1. The number of alkyl halides is 6. The molecule has 2 saturated heterocycles. The topological polar surface area (TPSA) is 82.3 Å². The highest BCUT2D eigenvalue weighted by atomic mass is 19.4. The number of aliphatic hydroxyl groups is 1. The molecule has 8 nitrogen and oxygen atoms in total. The number of fused-ring (bicyclic) bond motifs is 1. The number of hydrogen-bond donors (Lipinski definition) is 2. The van der Waals surface area contributed by atoms with Gasteiger partial charge in [-0.25, -0.2) is 15.0 Å². The summed E-state index contributed by atoms with van der Waals surface area (Å²) in [4.78, 5) is 16.4. The van der Waals surface area contributed by atoms with E-state index in [9.17, 15) is 31.4 Å². The number of piperidine rings is 1. The second-order valence-electron chi connectivity index (χ2n) is 9.98. The first kappa shape index (κ1) is 26.0. The summed E-state index contributed by atoms with van der Waals surface area (Å²) in [6, 6.07) is 0. The van der Waals surface area contributed by atoms with Crippen molar-refractivity contribution in [3.05, 3.63) is 29.6 Å². The lowest BCUT2D eigenvalue weighted by atomic mass is 9.90. The molecular weight excluding hydrogens is 504 g/mol. The molecule has 0 aliphatic carbocycles. The number of hydrogen-bond acceptors (Lipinski definition) is 7. The molecule has 0 aromatic carbocycles. The van der Waals surface area contributed by atoms with Crippen molar-refractivity contribution in [1.29, 1.82) is 0 Å². The van der Waals surface area contributed by atoms with Gasteiger partial charge in [-0.2, -0.15) is 26.3 Å². The first-order valence-electron chi connectivity index (χ1n) is 12.4. The lowest BCUT2D eigenvalue weighted by Crippen LogP contribution is -2.40. The maximum absolute atomic E-state index is 13.8. The molecule has 2 unspecified atom stereocenters. The molecule has 2 fully saturated rings. The molecule has 0 amide bonds. The van der Waals surface area contributed by atoms with Crippen LogP contribution in [-0.4, -0.2) is 80.8 Å². The molecule has 0 bridgehead atoms. The Balaban J connectivity index is 1.34. The van der Waals surface area contributed by atoms with E-state index in [0.717, 1.165) is 26.1 Å². The van der Waals surface area contributed by atoms with E-state index in [2.05, 4.69) is 25.2 Å². The highest BCUT2D eigenvalue weighted by molar-refractivity contribution is 5.63. The van der Waals surface area contributed by atoms with Crippen LogP contribution < -0.4 is 10.2 Å². The van der Waals surface area contributed by atoms with Crippen LogP contribution in [0.5, 0.6) is 0 Å². The fourth-order valence-corrected chi connectivity index (χ4v) is 5.41. The van der Waals surface area contributed by atoms with Gasteiger partial charge in [0.2, 0.25) is 0 Å². The molecule has 5 rings (SSSR count). The van der Waals surface area contributed by atoms with Crippen molar-refractivity contribution >= 4 is 11.6 Å². The smallest absolute Gasteiger partial charge is 0.374 e. The van der Waals surface area contributed by atoms with Gasteiger partial charge in [-0.05, 0) is 32.4 Å². The molecule has 2 aromatic heterocycles. The number of rotatable bonds is 6. The standard InChI is InChI=1S/C23H29F6N7O/c24-22(25,26)11-15-12-36(9-8-34-4-1-5-34)20(32-15)14-2-6-35(7-3-14)21-18-16(23(27,28)29)10-17(37)33-19(18)30-13-31-21/h12-14,16-17,37H,1-11H2,(H,30,31,33). The molecule has 0 spiro atoms. The van der Waals surface area contributed by atoms with Crippen LogP contribution in [0.2, 0.25) is 0 Å². The second kappa shape index (κ2) is 9.93. The highest BCUT2D eigenvalue weighted by Crippen LogP contribution is 2.47. The van der Waals surface area contributed by atoms with Crippen molar-refractivity contribution in [3.63, 3.8) is 0 Å². The number of halogens is 6. The molecule has 0 radical (unpaired) electrons. The van der Waals surface area contributed by atoms with E-state index in [-0.39, 0.29) is 28.8 Å². The molecule has 37 heavy (non-hydrogen) atoms. The Hall–Kier alpha value is -2.61. The fourth-order valence-electron chi connectivity index (χ4n) is 5.41. The summed E-state index contributed by atoms with van der Waals surface area (Å²) in [5.74, 6) is -1.29. The maximum atomic E-state index is 13.8. The zero-order valence-corrected chi connectivity index (χ0v) is 20.1. The Morgan fingerprint density at radius 3 is 2.35 bits per heavy atom. The van der Waals surface area contributed by atoms with E-state index in [1.54, 1.807) is 4.90 Å². The van der Waals surface area contributed by atoms with Gasteiger partial charge < -0.3 is 24.8 Å². The number of aliphatic hydroxyl groups excluding tert-OH is 1. The summed E-state index contributed by atoms with van der Waals surface area (Å²) < 4.78 is 82.5. The molecule has 2 atom stereocenters. The van der Waals surface area contributed by atoms with Gasteiger partial charge in [0.1, 0.15) is 30.0 Å². The third-order valence-corrected chi connectivity index (χ3v) is 7.37.